The zero-order valence-electron chi connectivity index (χ0n) is 19.0. The first-order chi connectivity index (χ1) is 16.6. The monoisotopic (exact) mass is 490 g/mol. The van der Waals surface area contributed by atoms with Gasteiger partial charge in [0.25, 0.3) is 0 Å². The lowest BCUT2D eigenvalue weighted by molar-refractivity contribution is -0.145. The van der Waals surface area contributed by atoms with Crippen LogP contribution in [-0.4, -0.2) is 85.9 Å². The SMILES string of the molecule is CC(O)C(NC(=O)C(CO)NC(=O)C(Cc1ccccc1)NC(=O)C(N)Cc1cnc[nH]1)C(=O)O. The first-order valence-corrected chi connectivity index (χ1v) is 10.8. The van der Waals surface area contributed by atoms with E-state index in [2.05, 4.69) is 25.9 Å². The first-order valence-electron chi connectivity index (χ1n) is 10.8. The number of carbonyl (C=O) groups is 4. The summed E-state index contributed by atoms with van der Waals surface area (Å²) in [6, 6.07) is 3.44. The molecule has 5 unspecified atom stereocenters. The van der Waals surface area contributed by atoms with Crippen molar-refractivity contribution in [3.63, 3.8) is 0 Å². The molecule has 0 radical (unpaired) electrons. The molecule has 35 heavy (non-hydrogen) atoms. The zero-order valence-corrected chi connectivity index (χ0v) is 19.0. The normalized spacial score (nSPS) is 15.2. The van der Waals surface area contributed by atoms with Crippen molar-refractivity contribution < 1.29 is 34.5 Å². The molecular formula is C22H30N6O7. The molecule has 0 aliphatic rings. The van der Waals surface area contributed by atoms with E-state index in [9.17, 15) is 29.4 Å². The summed E-state index contributed by atoms with van der Waals surface area (Å²) in [5, 5.41) is 35.2. The van der Waals surface area contributed by atoms with E-state index in [1.165, 1.54) is 19.4 Å². The van der Waals surface area contributed by atoms with Gasteiger partial charge in [0.2, 0.25) is 17.7 Å². The number of H-pyrrole nitrogens is 1. The molecule has 0 bridgehead atoms. The third-order valence-electron chi connectivity index (χ3n) is 5.11. The summed E-state index contributed by atoms with van der Waals surface area (Å²) in [6.07, 6.45) is 1.73. The molecule has 9 N–H and O–H groups in total. The Hall–Kier alpha value is -3.81. The predicted molar refractivity (Wildman–Crippen MR) is 123 cm³/mol. The lowest BCUT2D eigenvalue weighted by Gasteiger charge is -2.25. The molecule has 0 fully saturated rings. The van der Waals surface area contributed by atoms with Crippen LogP contribution in [0.15, 0.2) is 42.9 Å². The van der Waals surface area contributed by atoms with Crippen LogP contribution in [0.3, 0.4) is 0 Å². The Bertz CT molecular complexity index is 983. The molecule has 3 amide bonds. The molecule has 13 heteroatoms. The first kappa shape index (κ1) is 27.4. The number of carboxylic acid groups (broad SMARTS) is 1. The van der Waals surface area contributed by atoms with E-state index in [1.807, 2.05) is 0 Å². The van der Waals surface area contributed by atoms with Crippen molar-refractivity contribution in [3.8, 4) is 0 Å². The number of hydrogen-bond donors (Lipinski definition) is 8. The number of rotatable bonds is 13. The van der Waals surface area contributed by atoms with Crippen molar-refractivity contribution >= 4 is 23.7 Å². The number of aromatic amines is 1. The molecule has 0 saturated heterocycles. The van der Waals surface area contributed by atoms with Gasteiger partial charge < -0.3 is 42.0 Å². The number of carbonyl (C=O) groups excluding carboxylic acids is 3. The Labute approximate surface area is 201 Å². The smallest absolute Gasteiger partial charge is 0.328 e. The van der Waals surface area contributed by atoms with Crippen LogP contribution in [0.5, 0.6) is 0 Å². The van der Waals surface area contributed by atoms with E-state index in [-0.39, 0.29) is 12.8 Å². The number of aromatic nitrogens is 2. The fraction of sp³-hybridized carbons (Fsp3) is 0.409. The number of nitrogens with two attached hydrogens (primary N) is 1. The lowest BCUT2D eigenvalue weighted by atomic mass is 10.0. The predicted octanol–water partition coefficient (Wildman–Crippen LogP) is -2.57. The fourth-order valence-electron chi connectivity index (χ4n) is 3.17. The second kappa shape index (κ2) is 13.2. The van der Waals surface area contributed by atoms with Gasteiger partial charge in [-0.1, -0.05) is 30.3 Å². The molecule has 1 heterocycles. The molecule has 5 atom stereocenters. The minimum Gasteiger partial charge on any atom is -0.480 e. The van der Waals surface area contributed by atoms with Crippen molar-refractivity contribution in [1.29, 1.82) is 0 Å². The third-order valence-corrected chi connectivity index (χ3v) is 5.11. The average molecular weight is 491 g/mol. The van der Waals surface area contributed by atoms with Gasteiger partial charge in [-0.3, -0.25) is 14.4 Å². The Morgan fingerprint density at radius 3 is 2.17 bits per heavy atom. The summed E-state index contributed by atoms with van der Waals surface area (Å²) in [5.41, 5.74) is 7.30. The van der Waals surface area contributed by atoms with Crippen LogP contribution in [0.1, 0.15) is 18.2 Å². The van der Waals surface area contributed by atoms with Crippen LogP contribution in [0.4, 0.5) is 0 Å². The molecule has 0 aliphatic carbocycles. The van der Waals surface area contributed by atoms with Crippen molar-refractivity contribution in [2.75, 3.05) is 6.61 Å². The fourth-order valence-corrected chi connectivity index (χ4v) is 3.17. The quantitative estimate of drug-likeness (QED) is 0.148. The minimum absolute atomic E-state index is 0.0559. The third kappa shape index (κ3) is 8.48. The average Bonchev–Trinajstić information content (AvgIpc) is 3.33. The highest BCUT2D eigenvalue weighted by Crippen LogP contribution is 2.06. The van der Waals surface area contributed by atoms with Crippen LogP contribution >= 0.6 is 0 Å². The van der Waals surface area contributed by atoms with E-state index in [0.29, 0.717) is 11.3 Å². The number of carboxylic acids is 1. The van der Waals surface area contributed by atoms with E-state index in [0.717, 1.165) is 0 Å². The van der Waals surface area contributed by atoms with Gasteiger partial charge in [-0.25, -0.2) is 9.78 Å². The number of imidazole rings is 1. The van der Waals surface area contributed by atoms with Gasteiger partial charge in [0, 0.05) is 24.7 Å². The highest BCUT2D eigenvalue weighted by atomic mass is 16.4. The summed E-state index contributed by atoms with van der Waals surface area (Å²) in [7, 11) is 0. The molecule has 0 saturated carbocycles. The van der Waals surface area contributed by atoms with Gasteiger partial charge in [-0.05, 0) is 12.5 Å². The standard InChI is InChI=1S/C22H30N6O7/c1-12(30)18(22(34)35)28-21(33)17(10-29)27-20(32)16(7-13-5-3-2-4-6-13)26-19(31)15(23)8-14-9-24-11-25-14/h2-6,9,11-12,15-18,29-30H,7-8,10,23H2,1H3,(H,24,25)(H,26,31)(H,27,32)(H,28,33)(H,34,35). The van der Waals surface area contributed by atoms with Crippen LogP contribution in [0.25, 0.3) is 0 Å². The van der Waals surface area contributed by atoms with Gasteiger partial charge in [-0.2, -0.15) is 0 Å². The second-order valence-electron chi connectivity index (χ2n) is 7.95. The highest BCUT2D eigenvalue weighted by Gasteiger charge is 2.31. The maximum absolute atomic E-state index is 13.0. The van der Waals surface area contributed by atoms with Crippen LogP contribution < -0.4 is 21.7 Å². The molecule has 0 spiro atoms. The zero-order chi connectivity index (χ0) is 26.0. The number of amides is 3. The number of aliphatic hydroxyl groups is 2. The summed E-state index contributed by atoms with van der Waals surface area (Å²) < 4.78 is 0. The molecule has 2 rings (SSSR count). The molecule has 190 valence electrons. The Balaban J connectivity index is 2.13. The molecule has 13 nitrogen and oxygen atoms in total. The second-order valence-corrected chi connectivity index (χ2v) is 7.95. The summed E-state index contributed by atoms with van der Waals surface area (Å²) in [6.45, 7) is 0.318. The number of nitrogens with zero attached hydrogens (tertiary/aromatic N) is 1. The van der Waals surface area contributed by atoms with Crippen molar-refractivity contribution in [3.05, 3.63) is 54.1 Å². The molecule has 0 aliphatic heterocycles. The number of aliphatic carboxylic acids is 1. The van der Waals surface area contributed by atoms with E-state index in [4.69, 9.17) is 10.8 Å². The summed E-state index contributed by atoms with van der Waals surface area (Å²) >= 11 is 0. The largest absolute Gasteiger partial charge is 0.480 e. The molecular weight excluding hydrogens is 460 g/mol. The van der Waals surface area contributed by atoms with Gasteiger partial charge in [-0.15, -0.1) is 0 Å². The van der Waals surface area contributed by atoms with Crippen molar-refractivity contribution in [1.82, 2.24) is 25.9 Å². The molecule has 1 aromatic carbocycles. The van der Waals surface area contributed by atoms with Gasteiger partial charge in [0.15, 0.2) is 6.04 Å². The van der Waals surface area contributed by atoms with Gasteiger partial charge >= 0.3 is 5.97 Å². The Morgan fingerprint density at radius 2 is 1.63 bits per heavy atom. The maximum atomic E-state index is 13.0. The minimum atomic E-state index is -1.64. The van der Waals surface area contributed by atoms with Crippen LogP contribution in [0.2, 0.25) is 0 Å². The van der Waals surface area contributed by atoms with Crippen LogP contribution in [-0.2, 0) is 32.0 Å². The van der Waals surface area contributed by atoms with E-state index >= 15 is 0 Å². The summed E-state index contributed by atoms with van der Waals surface area (Å²) in [4.78, 5) is 56.1. The van der Waals surface area contributed by atoms with Crippen molar-refractivity contribution in [2.45, 2.75) is 50.0 Å². The Morgan fingerprint density at radius 1 is 1.00 bits per heavy atom. The lowest BCUT2D eigenvalue weighted by Crippen LogP contribution is -2.59. The maximum Gasteiger partial charge on any atom is 0.328 e. The number of nitrogens with one attached hydrogen (secondary N) is 4. The number of hydrogen-bond acceptors (Lipinski definition) is 8. The van der Waals surface area contributed by atoms with Crippen molar-refractivity contribution in [2.24, 2.45) is 5.73 Å². The molecule has 2 aromatic rings. The topological polar surface area (TPSA) is 220 Å². The number of aliphatic hydroxyl groups excluding tert-OH is 2. The van der Waals surface area contributed by atoms with Crippen LogP contribution in [0, 0.1) is 0 Å². The Kier molecular flexibility index (Phi) is 10.3. The highest BCUT2D eigenvalue weighted by molar-refractivity contribution is 5.94. The summed E-state index contributed by atoms with van der Waals surface area (Å²) in [5.74, 6) is -3.93. The van der Waals surface area contributed by atoms with E-state index < -0.39 is 60.6 Å². The van der Waals surface area contributed by atoms with Gasteiger partial charge in [0.1, 0.15) is 12.1 Å². The van der Waals surface area contributed by atoms with E-state index in [1.54, 1.807) is 30.3 Å². The number of benzene rings is 1. The van der Waals surface area contributed by atoms with Gasteiger partial charge in [0.05, 0.1) is 25.1 Å². The molecule has 1 aromatic heterocycles.